The van der Waals surface area contributed by atoms with E-state index >= 15 is 0 Å². The van der Waals surface area contributed by atoms with Crippen molar-refractivity contribution in [3.63, 3.8) is 0 Å². The maximum atomic E-state index is 7.08. The minimum Gasteiger partial charge on any atom is -0.436 e. The third-order valence-electron chi connectivity index (χ3n) is 22.3. The summed E-state index contributed by atoms with van der Waals surface area (Å²) in [6.45, 7) is 13.3. The van der Waals surface area contributed by atoms with Crippen LogP contribution in [0, 0.1) is 18.2 Å². The first-order valence-electron chi connectivity index (χ1n) is 44.2. The molecule has 0 fully saturated rings. The number of para-hydroxylation sites is 3. The first kappa shape index (κ1) is 97.7. The van der Waals surface area contributed by atoms with Crippen LogP contribution >= 0.6 is 59.1 Å². The van der Waals surface area contributed by atoms with Crippen molar-refractivity contribution < 1.29 is 87.5 Å². The molecule has 0 amide bonds. The fourth-order valence-corrected chi connectivity index (χ4v) is 22.6. The van der Waals surface area contributed by atoms with Gasteiger partial charge in [-0.05, 0) is 260 Å². The Bertz CT molecular complexity index is 7210. The smallest absolute Gasteiger partial charge is 0.306 e. The van der Waals surface area contributed by atoms with Gasteiger partial charge in [-0.15, -0.1) is 82.3 Å². The number of hydrogen-bond donors (Lipinski definition) is 0. The van der Waals surface area contributed by atoms with Crippen LogP contribution in [0.3, 0.4) is 0 Å². The molecule has 21 aromatic rings. The predicted molar refractivity (Wildman–Crippen MR) is 564 cm³/mol. The van der Waals surface area contributed by atoms with E-state index < -0.39 is 25.1 Å². The number of fused-ring (bicyclic) bond motifs is 3. The Hall–Kier alpha value is -12.3. The quantitative estimate of drug-likeness (QED) is 0.0433. The van der Waals surface area contributed by atoms with E-state index in [2.05, 4.69) is 344 Å². The van der Waals surface area contributed by atoms with E-state index in [0.29, 0.717) is 11.5 Å². The second kappa shape index (κ2) is 45.8. The Morgan fingerprint density at radius 3 is 1.08 bits per heavy atom. The van der Waals surface area contributed by atoms with E-state index in [-0.39, 0.29) is 71.1 Å². The van der Waals surface area contributed by atoms with E-state index in [1.54, 1.807) is 34.0 Å². The molecule has 0 saturated heterocycles. The van der Waals surface area contributed by atoms with Crippen LogP contribution in [-0.4, -0.2) is 15.0 Å². The Morgan fingerprint density at radius 1 is 0.270 bits per heavy atom. The van der Waals surface area contributed by atoms with Gasteiger partial charge in [-0.1, -0.05) is 307 Å². The topological polar surface area (TPSA) is 94.1 Å². The van der Waals surface area contributed by atoms with Crippen LogP contribution < -0.4 is 42.4 Å². The van der Waals surface area contributed by atoms with Gasteiger partial charge in [0.15, 0.2) is 10.1 Å². The van der Waals surface area contributed by atoms with Crippen molar-refractivity contribution in [1.82, 2.24) is 15.0 Å². The molecule has 0 N–H and O–H groups in total. The van der Waals surface area contributed by atoms with Gasteiger partial charge in [0.2, 0.25) is 0 Å². The number of nitrogens with zero attached hydrogens (tertiary/aromatic N) is 3. The molecule has 21 rings (SSSR count). The van der Waals surface area contributed by atoms with E-state index in [1.807, 2.05) is 164 Å². The minimum absolute atomic E-state index is 0. The van der Waals surface area contributed by atoms with Gasteiger partial charge in [-0.3, -0.25) is 4.98 Å². The summed E-state index contributed by atoms with van der Waals surface area (Å²) in [4.78, 5) is 17.9. The summed E-state index contributed by atoms with van der Waals surface area (Å²) in [5, 5.41) is 9.17. The summed E-state index contributed by atoms with van der Waals surface area (Å²) >= 11 is 5.02. The van der Waals surface area contributed by atoms with Crippen molar-refractivity contribution in [2.75, 3.05) is 0 Å². The molecule has 137 heavy (non-hydrogen) atoms. The van der Waals surface area contributed by atoms with Gasteiger partial charge in [0.1, 0.15) is 23.0 Å². The van der Waals surface area contributed by atoms with Crippen LogP contribution in [0.5, 0.6) is 33.1 Å². The monoisotopic (exact) mass is 2430 g/mol. The van der Waals surface area contributed by atoms with Gasteiger partial charge in [0.25, 0.3) is 8.38 Å². The minimum atomic E-state index is -1.74. The molecular weight excluding hydrogens is 2330 g/mol. The third kappa shape index (κ3) is 24.6. The molecule has 18 heteroatoms. The fourth-order valence-electron chi connectivity index (χ4n) is 15.4. The number of thiophene rings is 3. The average Bonchev–Trinajstić information content (AvgIpc) is 1.78. The number of aromatic nitrogens is 3. The van der Waals surface area contributed by atoms with Crippen molar-refractivity contribution in [2.24, 2.45) is 0 Å². The Balaban J connectivity index is 0.000000163. The molecular formula is C119H91Ir3N3O6P3S3-3. The van der Waals surface area contributed by atoms with Crippen LogP contribution in [0.25, 0.3) is 132 Å². The molecule has 3 radical (unpaired) electrons. The van der Waals surface area contributed by atoms with Crippen molar-refractivity contribution in [1.29, 1.82) is 0 Å². The Kier molecular flexibility index (Phi) is 32.6. The Morgan fingerprint density at radius 2 is 0.635 bits per heavy atom. The maximum Gasteiger partial charge on any atom is 0.306 e. The summed E-state index contributed by atoms with van der Waals surface area (Å²) in [6, 6.07) is 158. The predicted octanol–water partition coefficient (Wildman–Crippen LogP) is 33.2. The van der Waals surface area contributed by atoms with Crippen molar-refractivity contribution >= 4 is 107 Å². The fraction of sp³-hybridized carbons (Fsp3) is 0.0672. The summed E-state index contributed by atoms with van der Waals surface area (Å²) in [6.07, 6.45) is 3.72. The Labute approximate surface area is 857 Å². The molecule has 681 valence electrons. The zero-order chi connectivity index (χ0) is 91.2. The zero-order valence-corrected chi connectivity index (χ0v) is 87.8. The molecule has 0 aliphatic rings. The van der Waals surface area contributed by atoms with Crippen molar-refractivity contribution in [3.8, 4) is 133 Å². The van der Waals surface area contributed by atoms with Gasteiger partial charge < -0.3 is 37.1 Å². The first-order valence-corrected chi connectivity index (χ1v) is 50.2. The van der Waals surface area contributed by atoms with Crippen LogP contribution in [0.4, 0.5) is 0 Å². The molecule has 15 aromatic carbocycles. The maximum absolute atomic E-state index is 7.08. The molecule has 0 saturated carbocycles. The van der Waals surface area contributed by atoms with E-state index in [9.17, 15) is 0 Å². The van der Waals surface area contributed by atoms with Gasteiger partial charge in [0.05, 0.1) is 5.52 Å². The molecule has 6 aromatic heterocycles. The second-order valence-corrected chi connectivity index (χ2v) is 41.5. The summed E-state index contributed by atoms with van der Waals surface area (Å²) in [7, 11) is -4.52. The summed E-state index contributed by atoms with van der Waals surface area (Å²) < 4.78 is 40.8. The van der Waals surface area contributed by atoms with Crippen LogP contribution in [0.15, 0.2) is 443 Å². The molecule has 0 bridgehead atoms. The standard InChI is InChI=1S/C63H43NO2P.C29H29NO2PS3.C27H19NO2P.3Ir/c1-5-18-45(19-6-1)53-36-54(46-20-7-2-8-21-46)39-57(38-53)50-27-15-30-59(42-50)65-67(61-32-17-29-52(44-61)63-62-33-14-13-26-49(62)34-35-64-63)66-60-31-16-28-51(43-60)58-40-55(47-22-9-3-10-23-47)37-56(41-58)48-24-11-4-12-25-48;1-28(2,3)22-12-14-24(35-22)31-33(32-25-15-13-23(36-25)29(4,5)6)26-16-11-21(34-26)27-20-10-8-7-9-19(20)17-18-30-27;1-3-12-23(13-4-1)29-31(30-24-14-5-2-6-15-24)25-16-9-11-22(20-25)27-19-18-21-10-7-8-17-26(21)28-27;;;/h1-28,30-44H;7-10,12-18H,1-6H3;1-10,12-20H;;;/q3*-1;;;. The van der Waals surface area contributed by atoms with Crippen LogP contribution in [-0.2, 0) is 71.1 Å². The van der Waals surface area contributed by atoms with Crippen molar-refractivity contribution in [3.05, 3.63) is 471 Å². The summed E-state index contributed by atoms with van der Waals surface area (Å²) in [5.74, 6) is 2.93. The van der Waals surface area contributed by atoms with Crippen LogP contribution in [0.1, 0.15) is 51.3 Å². The molecule has 9 nitrogen and oxygen atoms in total. The van der Waals surface area contributed by atoms with E-state index in [4.69, 9.17) is 37.1 Å². The van der Waals surface area contributed by atoms with E-state index in [0.717, 1.165) is 164 Å². The molecule has 0 aliphatic carbocycles. The molecule has 0 spiro atoms. The number of pyridine rings is 3. The SMILES string of the molecule is CC(C)(C)c1ccc(OP(Oc2ccc(C(C)(C)C)s2)c2c[c-]c(-c3nccc4ccccc34)s2)s1.[Ir].[Ir].[Ir].[c-]1ccc(P(Oc2cccc(-c3cc(-c4ccccc4)cc(-c4ccccc4)c3)c2)Oc2cccc(-c3cc(-c4ccccc4)cc(-c4ccccc4)c3)c2)cc1-c1nccc2ccccc12.[c-]1ccc(P(Oc2ccccc2)Oc2ccccc2)cc1-c1ccc2ccccc2n1. The van der Waals surface area contributed by atoms with Crippen LogP contribution in [0.2, 0.25) is 0 Å². The van der Waals surface area contributed by atoms with Crippen molar-refractivity contribution in [2.45, 2.75) is 52.4 Å². The summed E-state index contributed by atoms with van der Waals surface area (Å²) in [5.41, 5.74) is 19.1. The second-order valence-electron chi connectivity index (χ2n) is 33.9. The molecule has 0 atom stereocenters. The number of hydrogen-bond acceptors (Lipinski definition) is 12. The average molecular weight is 2420 g/mol. The third-order valence-corrected chi connectivity index (χ3v) is 31.0. The van der Waals surface area contributed by atoms with Gasteiger partial charge in [0, 0.05) is 87.1 Å². The largest absolute Gasteiger partial charge is 0.436 e. The van der Waals surface area contributed by atoms with Gasteiger partial charge >= 0.3 is 16.8 Å². The van der Waals surface area contributed by atoms with Gasteiger partial charge in [-0.2, -0.15) is 12.1 Å². The van der Waals surface area contributed by atoms with E-state index in [1.165, 1.54) is 15.1 Å². The zero-order valence-electron chi connectivity index (χ0n) is 75.5. The first-order chi connectivity index (χ1) is 65.6. The number of rotatable bonds is 24. The number of benzene rings is 15. The van der Waals surface area contributed by atoms with Gasteiger partial charge in [-0.25, -0.2) is 11.3 Å². The molecule has 0 unspecified atom stereocenters. The molecule has 6 heterocycles. The normalized spacial score (nSPS) is 11.2. The molecule has 0 aliphatic heterocycles.